The van der Waals surface area contributed by atoms with E-state index in [1.165, 1.54) is 6.92 Å². The Morgan fingerprint density at radius 1 is 1.10 bits per heavy atom. The number of benzene rings is 2. The first-order valence-corrected chi connectivity index (χ1v) is 14.6. The molecule has 6 N–H and O–H groups in total. The Balaban J connectivity index is 1.69. The highest BCUT2D eigenvalue weighted by Crippen LogP contribution is 2.34. The van der Waals surface area contributed by atoms with Gasteiger partial charge in [0.15, 0.2) is 0 Å². The molecule has 11 nitrogen and oxygen atoms in total. The molecule has 12 heteroatoms. The van der Waals surface area contributed by atoms with E-state index in [2.05, 4.69) is 10.6 Å². The Morgan fingerprint density at radius 3 is 2.37 bits per heavy atom. The van der Waals surface area contributed by atoms with Crippen molar-refractivity contribution in [3.63, 3.8) is 0 Å². The third-order valence-corrected chi connectivity index (χ3v) is 7.68. The van der Waals surface area contributed by atoms with Gasteiger partial charge in [0, 0.05) is 25.5 Å². The van der Waals surface area contributed by atoms with Crippen LogP contribution in [-0.4, -0.2) is 99.1 Å². The minimum Gasteiger partial charge on any atom is -0.477 e. The summed E-state index contributed by atoms with van der Waals surface area (Å²) in [5.41, 5.74) is 2.23. The van der Waals surface area contributed by atoms with Gasteiger partial charge in [-0.25, -0.2) is 4.79 Å². The molecule has 0 spiro atoms. The molecule has 2 amide bonds. The van der Waals surface area contributed by atoms with E-state index in [-0.39, 0.29) is 6.61 Å². The molecule has 2 aromatic carbocycles. The van der Waals surface area contributed by atoms with Crippen molar-refractivity contribution in [2.24, 2.45) is 0 Å². The van der Waals surface area contributed by atoms with Crippen LogP contribution < -0.4 is 10.6 Å². The van der Waals surface area contributed by atoms with E-state index in [1.807, 2.05) is 37.3 Å². The normalized spacial score (nSPS) is 23.8. The van der Waals surface area contributed by atoms with Crippen LogP contribution >= 0.6 is 11.8 Å². The molecule has 0 radical (unpaired) electrons. The minimum absolute atomic E-state index is 0.0152. The van der Waals surface area contributed by atoms with E-state index in [1.54, 1.807) is 36.0 Å². The molecule has 0 aromatic heterocycles. The maximum atomic E-state index is 12.7. The molecule has 1 saturated heterocycles. The smallest absolute Gasteiger partial charge is 0.364 e. The number of aliphatic hydroxyl groups is 3. The average molecular weight is 591 g/mol. The number of amides is 2. The van der Waals surface area contributed by atoms with E-state index in [9.17, 15) is 34.8 Å². The van der Waals surface area contributed by atoms with Crippen LogP contribution in [0.1, 0.15) is 37.0 Å². The number of hydrogen-bond acceptors (Lipinski definition) is 9. The van der Waals surface area contributed by atoms with E-state index in [0.717, 1.165) is 22.6 Å². The van der Waals surface area contributed by atoms with Crippen molar-refractivity contribution in [3.8, 4) is 11.1 Å². The van der Waals surface area contributed by atoms with Crippen molar-refractivity contribution in [1.82, 2.24) is 10.6 Å². The summed E-state index contributed by atoms with van der Waals surface area (Å²) in [6.07, 6.45) is -6.47. The Kier molecular flexibility index (Phi) is 12.1. The first kappa shape index (κ1) is 32.5. The van der Waals surface area contributed by atoms with E-state index < -0.39 is 67.0 Å². The quantitative estimate of drug-likeness (QED) is 0.177. The van der Waals surface area contributed by atoms with Crippen molar-refractivity contribution < 1.29 is 44.3 Å². The first-order chi connectivity index (χ1) is 19.6. The molecule has 0 aliphatic carbocycles. The Hall–Kier alpha value is -3.00. The number of hydrogen-bond donors (Lipinski definition) is 6. The molecule has 1 aliphatic heterocycles. The fraction of sp³-hybridized carbons (Fsp3) is 0.483. The van der Waals surface area contributed by atoms with Crippen molar-refractivity contribution in [1.29, 1.82) is 0 Å². The lowest BCUT2D eigenvalue weighted by Crippen LogP contribution is -2.68. The second-order valence-corrected chi connectivity index (χ2v) is 11.1. The standard InChI is InChI=1S/C29H38N2O9S/c1-3-41-15-7-14-39-29(28(37)38)16-22(33)24(31-18(2)32)26(40-29)25(35)23(34)17-30-27(36)21-12-10-20(11-13-21)19-8-5-4-6-9-19/h4-6,8-13,22-26,33-35H,3,7,14-17H2,1-2H3,(H,30,36)(H,31,32)(H,37,38)/t22-,23+,24+,25+,26?,29+/m0/s1. The van der Waals surface area contributed by atoms with Crippen LogP contribution in [0.15, 0.2) is 54.6 Å². The van der Waals surface area contributed by atoms with Gasteiger partial charge in [-0.1, -0.05) is 49.4 Å². The fourth-order valence-corrected chi connectivity index (χ4v) is 5.19. The molecule has 1 unspecified atom stereocenters. The van der Waals surface area contributed by atoms with Crippen LogP contribution in [0.2, 0.25) is 0 Å². The molecule has 0 bridgehead atoms. The van der Waals surface area contributed by atoms with E-state index in [4.69, 9.17) is 9.47 Å². The number of ether oxygens (including phenoxy) is 2. The van der Waals surface area contributed by atoms with Crippen molar-refractivity contribution >= 4 is 29.5 Å². The van der Waals surface area contributed by atoms with Crippen molar-refractivity contribution in [2.75, 3.05) is 24.7 Å². The number of rotatable bonds is 14. The molecule has 1 fully saturated rings. The number of carbonyl (C=O) groups excluding carboxylic acids is 2. The van der Waals surface area contributed by atoms with Crippen LogP contribution in [0, 0.1) is 0 Å². The molecule has 2 aromatic rings. The lowest BCUT2D eigenvalue weighted by Gasteiger charge is -2.46. The average Bonchev–Trinajstić information content (AvgIpc) is 2.96. The van der Waals surface area contributed by atoms with Crippen LogP contribution in [0.5, 0.6) is 0 Å². The van der Waals surface area contributed by atoms with Crippen LogP contribution in [0.3, 0.4) is 0 Å². The summed E-state index contributed by atoms with van der Waals surface area (Å²) in [5.74, 6) is -3.27. The molecule has 6 atom stereocenters. The summed E-state index contributed by atoms with van der Waals surface area (Å²) in [6, 6.07) is 15.2. The van der Waals surface area contributed by atoms with Gasteiger partial charge in [-0.2, -0.15) is 11.8 Å². The molecule has 1 aliphatic rings. The summed E-state index contributed by atoms with van der Waals surface area (Å²) in [7, 11) is 0. The number of carboxylic acids is 1. The number of thioether (sulfide) groups is 1. The predicted octanol–water partition coefficient (Wildman–Crippen LogP) is 1.40. The number of aliphatic carboxylic acids is 1. The summed E-state index contributed by atoms with van der Waals surface area (Å²) in [6.45, 7) is 2.78. The largest absolute Gasteiger partial charge is 0.477 e. The molecular formula is C29H38N2O9S. The number of carbonyl (C=O) groups is 3. The lowest BCUT2D eigenvalue weighted by molar-refractivity contribution is -0.310. The van der Waals surface area contributed by atoms with Gasteiger partial charge < -0.3 is 40.5 Å². The third-order valence-electron chi connectivity index (χ3n) is 6.70. The molecule has 41 heavy (non-hydrogen) atoms. The SMILES string of the molecule is CCSCCCO[C@]1(C(=O)O)C[C@H](O)[C@@H](NC(C)=O)C([C@H](O)[C@H](O)CNC(=O)c2ccc(-c3ccccc3)cc2)O1. The second-order valence-electron chi connectivity index (χ2n) is 9.75. The molecule has 1 heterocycles. The number of nitrogens with one attached hydrogen (secondary N) is 2. The Bertz CT molecular complexity index is 1150. The number of carboxylic acid groups (broad SMARTS) is 1. The maximum Gasteiger partial charge on any atom is 0.364 e. The topological polar surface area (TPSA) is 175 Å². The zero-order valence-electron chi connectivity index (χ0n) is 23.1. The lowest BCUT2D eigenvalue weighted by atomic mass is 9.88. The summed E-state index contributed by atoms with van der Waals surface area (Å²) in [5, 5.41) is 47.5. The fourth-order valence-electron chi connectivity index (χ4n) is 4.58. The zero-order chi connectivity index (χ0) is 30.0. The highest BCUT2D eigenvalue weighted by atomic mass is 32.2. The summed E-state index contributed by atoms with van der Waals surface area (Å²) < 4.78 is 11.3. The van der Waals surface area contributed by atoms with Gasteiger partial charge in [-0.15, -0.1) is 0 Å². The molecular weight excluding hydrogens is 552 g/mol. The van der Waals surface area contributed by atoms with Gasteiger partial charge in [-0.3, -0.25) is 9.59 Å². The second kappa shape index (κ2) is 15.3. The first-order valence-electron chi connectivity index (χ1n) is 13.5. The zero-order valence-corrected chi connectivity index (χ0v) is 23.9. The summed E-state index contributed by atoms with van der Waals surface area (Å²) >= 11 is 1.65. The highest BCUT2D eigenvalue weighted by molar-refractivity contribution is 7.99. The van der Waals surface area contributed by atoms with Crippen LogP contribution in [0.25, 0.3) is 11.1 Å². The molecule has 224 valence electrons. The Morgan fingerprint density at radius 2 is 1.76 bits per heavy atom. The van der Waals surface area contributed by atoms with Crippen molar-refractivity contribution in [3.05, 3.63) is 60.2 Å². The van der Waals surface area contributed by atoms with Crippen LogP contribution in [-0.2, 0) is 19.1 Å². The van der Waals surface area contributed by atoms with Crippen LogP contribution in [0.4, 0.5) is 0 Å². The van der Waals surface area contributed by atoms with Gasteiger partial charge in [0.2, 0.25) is 5.91 Å². The summed E-state index contributed by atoms with van der Waals surface area (Å²) in [4.78, 5) is 36.8. The van der Waals surface area contributed by atoms with Gasteiger partial charge in [0.25, 0.3) is 11.7 Å². The minimum atomic E-state index is -2.31. The van der Waals surface area contributed by atoms with Gasteiger partial charge >= 0.3 is 5.97 Å². The predicted molar refractivity (Wildman–Crippen MR) is 153 cm³/mol. The molecule has 3 rings (SSSR count). The van der Waals surface area contributed by atoms with Gasteiger partial charge in [-0.05, 0) is 41.2 Å². The van der Waals surface area contributed by atoms with Crippen molar-refractivity contribution in [2.45, 2.75) is 62.9 Å². The number of aliphatic hydroxyl groups excluding tert-OH is 3. The van der Waals surface area contributed by atoms with Gasteiger partial charge in [0.1, 0.15) is 12.2 Å². The molecule has 0 saturated carbocycles. The van der Waals surface area contributed by atoms with E-state index >= 15 is 0 Å². The monoisotopic (exact) mass is 590 g/mol. The third kappa shape index (κ3) is 8.74. The highest BCUT2D eigenvalue weighted by Gasteiger charge is 2.55. The van der Waals surface area contributed by atoms with E-state index in [0.29, 0.717) is 12.0 Å². The van der Waals surface area contributed by atoms with Gasteiger partial charge in [0.05, 0.1) is 24.9 Å². The maximum absolute atomic E-state index is 12.7. The Labute approximate surface area is 243 Å².